The number of rotatable bonds is 1. The van der Waals surface area contributed by atoms with Crippen molar-refractivity contribution in [2.24, 2.45) is 0 Å². The van der Waals surface area contributed by atoms with Crippen LogP contribution < -0.4 is 0 Å². The summed E-state index contributed by atoms with van der Waals surface area (Å²) >= 11 is 0. The first kappa shape index (κ1) is 9.41. The molecule has 0 N–H and O–H groups in total. The maximum absolute atomic E-state index is 2.75. The van der Waals surface area contributed by atoms with E-state index in [2.05, 4.69) is 35.2 Å². The monoisotopic (exact) mass is 201 g/mol. The smallest absolute Gasteiger partial charge is 0.0351 e. The van der Waals surface area contributed by atoms with E-state index in [-0.39, 0.29) is 0 Å². The predicted molar refractivity (Wildman–Crippen MR) is 62.8 cm³/mol. The molecule has 2 aliphatic rings. The van der Waals surface area contributed by atoms with Gasteiger partial charge in [0.05, 0.1) is 0 Å². The lowest BCUT2D eigenvalue weighted by molar-refractivity contribution is 0.150. The van der Waals surface area contributed by atoms with Crippen molar-refractivity contribution in [1.29, 1.82) is 0 Å². The van der Waals surface area contributed by atoms with Crippen molar-refractivity contribution in [3.05, 3.63) is 35.9 Å². The van der Waals surface area contributed by atoms with Gasteiger partial charge in [-0.05, 0) is 37.8 Å². The van der Waals surface area contributed by atoms with E-state index in [4.69, 9.17) is 0 Å². The molecule has 1 aromatic rings. The average Bonchev–Trinajstić information content (AvgIpc) is 2.74. The average molecular weight is 201 g/mol. The number of hydrogen-bond donors (Lipinski definition) is 0. The third kappa shape index (κ3) is 1.69. The molecule has 2 saturated heterocycles. The van der Waals surface area contributed by atoms with Gasteiger partial charge in [0, 0.05) is 12.1 Å². The number of piperidine rings is 1. The second-order valence-corrected chi connectivity index (χ2v) is 4.89. The van der Waals surface area contributed by atoms with Gasteiger partial charge >= 0.3 is 0 Å². The molecule has 3 rings (SSSR count). The molecule has 2 atom stereocenters. The van der Waals surface area contributed by atoms with Gasteiger partial charge in [0.25, 0.3) is 0 Å². The quantitative estimate of drug-likeness (QED) is 0.673. The van der Waals surface area contributed by atoms with Crippen molar-refractivity contribution >= 4 is 0 Å². The molecule has 0 spiro atoms. The number of fused-ring (bicyclic) bond motifs is 1. The van der Waals surface area contributed by atoms with E-state index in [1.807, 2.05) is 0 Å². The van der Waals surface area contributed by atoms with Crippen LogP contribution in [0, 0.1) is 0 Å². The van der Waals surface area contributed by atoms with Crippen LogP contribution in [0.2, 0.25) is 0 Å². The Morgan fingerprint density at radius 2 is 1.80 bits per heavy atom. The maximum Gasteiger partial charge on any atom is 0.0351 e. The minimum atomic E-state index is 0.719. The van der Waals surface area contributed by atoms with E-state index in [0.717, 1.165) is 12.1 Å². The largest absolute Gasteiger partial charge is 0.293 e. The van der Waals surface area contributed by atoms with Gasteiger partial charge in [-0.2, -0.15) is 0 Å². The summed E-state index contributed by atoms with van der Waals surface area (Å²) in [6.07, 6.45) is 7.07. The van der Waals surface area contributed by atoms with Crippen LogP contribution in [-0.4, -0.2) is 17.5 Å². The lowest BCUT2D eigenvalue weighted by atomic mass is 10.0. The standard InChI is InChI=1S/C14H19N/c1-2-6-12(7-3-1)14-10-9-13-8-4-5-11-15(13)14/h1-3,6-7,13-14H,4-5,8-11H2/t13-,14-/m0/s1. The van der Waals surface area contributed by atoms with Crippen LogP contribution in [-0.2, 0) is 0 Å². The van der Waals surface area contributed by atoms with Crippen molar-refractivity contribution in [3.63, 3.8) is 0 Å². The fraction of sp³-hybridized carbons (Fsp3) is 0.571. The van der Waals surface area contributed by atoms with E-state index in [1.54, 1.807) is 0 Å². The van der Waals surface area contributed by atoms with Crippen LogP contribution in [0.4, 0.5) is 0 Å². The molecular formula is C14H19N. The van der Waals surface area contributed by atoms with Crippen LogP contribution in [0.1, 0.15) is 43.7 Å². The lowest BCUT2D eigenvalue weighted by Crippen LogP contribution is -2.35. The van der Waals surface area contributed by atoms with Crippen molar-refractivity contribution in [2.75, 3.05) is 6.54 Å². The minimum Gasteiger partial charge on any atom is -0.293 e. The minimum absolute atomic E-state index is 0.719. The van der Waals surface area contributed by atoms with Gasteiger partial charge in [0.15, 0.2) is 0 Å². The van der Waals surface area contributed by atoms with Gasteiger partial charge in [-0.15, -0.1) is 0 Å². The fourth-order valence-electron chi connectivity index (χ4n) is 3.29. The highest BCUT2D eigenvalue weighted by Gasteiger charge is 2.35. The highest BCUT2D eigenvalue weighted by atomic mass is 15.2. The van der Waals surface area contributed by atoms with Crippen LogP contribution in [0.5, 0.6) is 0 Å². The van der Waals surface area contributed by atoms with E-state index < -0.39 is 0 Å². The highest BCUT2D eigenvalue weighted by molar-refractivity contribution is 5.20. The van der Waals surface area contributed by atoms with Gasteiger partial charge in [-0.25, -0.2) is 0 Å². The zero-order chi connectivity index (χ0) is 10.1. The molecule has 0 saturated carbocycles. The molecule has 0 aromatic heterocycles. The summed E-state index contributed by atoms with van der Waals surface area (Å²) in [5.74, 6) is 0. The van der Waals surface area contributed by atoms with E-state index in [9.17, 15) is 0 Å². The summed E-state index contributed by atoms with van der Waals surface area (Å²) in [7, 11) is 0. The molecule has 15 heavy (non-hydrogen) atoms. The number of nitrogens with zero attached hydrogens (tertiary/aromatic N) is 1. The fourth-order valence-corrected chi connectivity index (χ4v) is 3.29. The molecule has 2 aliphatic heterocycles. The summed E-state index contributed by atoms with van der Waals surface area (Å²) in [6.45, 7) is 1.32. The molecular weight excluding hydrogens is 182 g/mol. The van der Waals surface area contributed by atoms with Crippen LogP contribution in [0.15, 0.2) is 30.3 Å². The third-order valence-corrected chi connectivity index (χ3v) is 4.03. The maximum atomic E-state index is 2.75. The number of hydrogen-bond acceptors (Lipinski definition) is 1. The van der Waals surface area contributed by atoms with Crippen molar-refractivity contribution in [1.82, 2.24) is 4.90 Å². The van der Waals surface area contributed by atoms with Gasteiger partial charge < -0.3 is 0 Å². The first-order valence-electron chi connectivity index (χ1n) is 6.26. The van der Waals surface area contributed by atoms with Gasteiger partial charge in [-0.3, -0.25) is 4.90 Å². The Kier molecular flexibility index (Phi) is 2.49. The second-order valence-electron chi connectivity index (χ2n) is 4.89. The SMILES string of the molecule is c1ccc([C@@H]2CC[C@@H]3CCCCN32)cc1. The van der Waals surface area contributed by atoms with E-state index in [0.29, 0.717) is 0 Å². The molecule has 1 heteroatoms. The Morgan fingerprint density at radius 1 is 0.933 bits per heavy atom. The van der Waals surface area contributed by atoms with Gasteiger partial charge in [0.1, 0.15) is 0 Å². The topological polar surface area (TPSA) is 3.24 Å². The summed E-state index contributed by atoms with van der Waals surface area (Å²) in [5, 5.41) is 0. The first-order valence-corrected chi connectivity index (χ1v) is 6.26. The van der Waals surface area contributed by atoms with Gasteiger partial charge in [0.2, 0.25) is 0 Å². The molecule has 0 amide bonds. The summed E-state index contributed by atoms with van der Waals surface area (Å²) in [5.41, 5.74) is 1.53. The molecule has 0 aliphatic carbocycles. The Balaban J connectivity index is 1.82. The predicted octanol–water partition coefficient (Wildman–Crippen LogP) is 3.38. The second kappa shape index (κ2) is 3.97. The van der Waals surface area contributed by atoms with Crippen LogP contribution in [0.25, 0.3) is 0 Å². The highest BCUT2D eigenvalue weighted by Crippen LogP contribution is 2.39. The molecule has 2 fully saturated rings. The first-order chi connectivity index (χ1) is 7.45. The number of benzene rings is 1. The molecule has 0 bridgehead atoms. The normalized spacial score (nSPS) is 31.5. The van der Waals surface area contributed by atoms with Crippen LogP contribution >= 0.6 is 0 Å². The van der Waals surface area contributed by atoms with Crippen molar-refractivity contribution < 1.29 is 0 Å². The molecule has 80 valence electrons. The molecule has 0 unspecified atom stereocenters. The summed E-state index contributed by atoms with van der Waals surface area (Å²) in [6, 6.07) is 12.7. The summed E-state index contributed by atoms with van der Waals surface area (Å²) in [4.78, 5) is 2.75. The van der Waals surface area contributed by atoms with E-state index in [1.165, 1.54) is 44.2 Å². The molecule has 1 aromatic carbocycles. The van der Waals surface area contributed by atoms with Crippen molar-refractivity contribution in [3.8, 4) is 0 Å². The molecule has 1 nitrogen and oxygen atoms in total. The Labute approximate surface area is 92.1 Å². The van der Waals surface area contributed by atoms with Crippen LogP contribution in [0.3, 0.4) is 0 Å². The van der Waals surface area contributed by atoms with E-state index >= 15 is 0 Å². The zero-order valence-corrected chi connectivity index (χ0v) is 9.23. The lowest BCUT2D eigenvalue weighted by Gasteiger charge is -2.34. The molecule has 2 heterocycles. The summed E-state index contributed by atoms with van der Waals surface area (Å²) < 4.78 is 0. The molecule has 0 radical (unpaired) electrons. The Hall–Kier alpha value is -0.820. The zero-order valence-electron chi connectivity index (χ0n) is 9.23. The van der Waals surface area contributed by atoms with Crippen molar-refractivity contribution in [2.45, 2.75) is 44.2 Å². The Morgan fingerprint density at radius 3 is 2.67 bits per heavy atom. The third-order valence-electron chi connectivity index (χ3n) is 4.03. The Bertz CT molecular complexity index is 319. The van der Waals surface area contributed by atoms with Gasteiger partial charge in [-0.1, -0.05) is 36.8 Å².